The molecule has 2 aliphatic rings. The number of nitrogens with one attached hydrogen (secondary N) is 1. The van der Waals surface area contributed by atoms with Crippen molar-refractivity contribution in [3.05, 3.63) is 51.4 Å². The number of aryl methyl sites for hydroxylation is 3. The lowest BCUT2D eigenvalue weighted by Gasteiger charge is -2.30. The molecule has 2 heterocycles. The van der Waals surface area contributed by atoms with Gasteiger partial charge in [0, 0.05) is 24.7 Å². The van der Waals surface area contributed by atoms with Crippen molar-refractivity contribution in [2.75, 3.05) is 7.11 Å². The second kappa shape index (κ2) is 8.41. The SMILES string of the molecule is COc1c2ccc(C(=O)NC3CCC(n4nc5c(cc4=O)CCCC5)CC3)cc2nn1C. The van der Waals surface area contributed by atoms with Crippen molar-refractivity contribution in [1.29, 1.82) is 0 Å². The molecule has 1 amide bonds. The van der Waals surface area contributed by atoms with Crippen LogP contribution in [-0.2, 0) is 19.9 Å². The zero-order chi connectivity index (χ0) is 22.2. The minimum atomic E-state index is -0.0935. The molecule has 1 fully saturated rings. The Kier molecular flexibility index (Phi) is 5.45. The van der Waals surface area contributed by atoms with Gasteiger partial charge in [0.1, 0.15) is 0 Å². The molecule has 168 valence electrons. The van der Waals surface area contributed by atoms with E-state index >= 15 is 0 Å². The van der Waals surface area contributed by atoms with Crippen molar-refractivity contribution < 1.29 is 9.53 Å². The first-order valence-corrected chi connectivity index (χ1v) is 11.5. The third kappa shape index (κ3) is 3.78. The van der Waals surface area contributed by atoms with Crippen molar-refractivity contribution in [3.8, 4) is 5.88 Å². The maximum Gasteiger partial charge on any atom is 0.267 e. The van der Waals surface area contributed by atoms with Gasteiger partial charge in [0.2, 0.25) is 5.88 Å². The van der Waals surface area contributed by atoms with Gasteiger partial charge in [0.15, 0.2) is 0 Å². The van der Waals surface area contributed by atoms with Gasteiger partial charge in [-0.05, 0) is 75.1 Å². The molecule has 0 aliphatic heterocycles. The molecule has 0 radical (unpaired) electrons. The number of benzene rings is 1. The van der Waals surface area contributed by atoms with Gasteiger partial charge in [-0.3, -0.25) is 9.59 Å². The quantitative estimate of drug-likeness (QED) is 0.680. The summed E-state index contributed by atoms with van der Waals surface area (Å²) in [6.45, 7) is 0. The Hall–Kier alpha value is -3.16. The molecule has 2 aromatic heterocycles. The Balaban J connectivity index is 1.24. The summed E-state index contributed by atoms with van der Waals surface area (Å²) < 4.78 is 8.75. The van der Waals surface area contributed by atoms with E-state index in [1.807, 2.05) is 19.2 Å². The van der Waals surface area contributed by atoms with Crippen molar-refractivity contribution >= 4 is 16.8 Å². The van der Waals surface area contributed by atoms with E-state index in [9.17, 15) is 9.59 Å². The number of rotatable bonds is 4. The van der Waals surface area contributed by atoms with Gasteiger partial charge in [0.05, 0.1) is 29.7 Å². The minimum absolute atomic E-state index is 0.0113. The fourth-order valence-electron chi connectivity index (χ4n) is 5.13. The van der Waals surface area contributed by atoms with Gasteiger partial charge in [-0.1, -0.05) is 0 Å². The van der Waals surface area contributed by atoms with E-state index in [0.29, 0.717) is 11.4 Å². The number of fused-ring (bicyclic) bond motifs is 2. The summed E-state index contributed by atoms with van der Waals surface area (Å²) in [6, 6.07) is 7.49. The van der Waals surface area contributed by atoms with Crippen LogP contribution in [0.25, 0.3) is 10.9 Å². The van der Waals surface area contributed by atoms with Crippen LogP contribution in [0.1, 0.15) is 66.2 Å². The van der Waals surface area contributed by atoms with Crippen LogP contribution in [0, 0.1) is 0 Å². The van der Waals surface area contributed by atoms with Crippen LogP contribution in [0.3, 0.4) is 0 Å². The summed E-state index contributed by atoms with van der Waals surface area (Å²) in [5, 5.41) is 13.2. The molecule has 5 rings (SSSR count). The predicted molar refractivity (Wildman–Crippen MR) is 121 cm³/mol. The third-order valence-electron chi connectivity index (χ3n) is 6.85. The summed E-state index contributed by atoms with van der Waals surface area (Å²) in [5.74, 6) is 0.584. The summed E-state index contributed by atoms with van der Waals surface area (Å²) in [6.07, 6.45) is 7.57. The second-order valence-electron chi connectivity index (χ2n) is 8.95. The number of nitrogens with zero attached hydrogens (tertiary/aromatic N) is 4. The minimum Gasteiger partial charge on any atom is -0.481 e. The first-order valence-electron chi connectivity index (χ1n) is 11.5. The molecule has 0 bridgehead atoms. The first kappa shape index (κ1) is 20.7. The first-order chi connectivity index (χ1) is 15.5. The van der Waals surface area contributed by atoms with Crippen LogP contribution in [0.5, 0.6) is 5.88 Å². The lowest BCUT2D eigenvalue weighted by molar-refractivity contribution is 0.0921. The van der Waals surface area contributed by atoms with E-state index in [0.717, 1.165) is 73.5 Å². The molecular formula is C24H29N5O3. The number of hydrogen-bond donors (Lipinski definition) is 1. The smallest absolute Gasteiger partial charge is 0.267 e. The summed E-state index contributed by atoms with van der Waals surface area (Å²) in [4.78, 5) is 25.4. The molecular weight excluding hydrogens is 406 g/mol. The van der Waals surface area contributed by atoms with E-state index in [4.69, 9.17) is 9.84 Å². The number of methoxy groups -OCH3 is 1. The van der Waals surface area contributed by atoms with Crippen molar-refractivity contribution in [3.63, 3.8) is 0 Å². The maximum absolute atomic E-state index is 12.8. The lowest BCUT2D eigenvalue weighted by Crippen LogP contribution is -2.40. The monoisotopic (exact) mass is 435 g/mol. The van der Waals surface area contributed by atoms with Gasteiger partial charge < -0.3 is 10.1 Å². The molecule has 32 heavy (non-hydrogen) atoms. The molecule has 1 saturated carbocycles. The van der Waals surface area contributed by atoms with Gasteiger partial charge in [0.25, 0.3) is 11.5 Å². The van der Waals surface area contributed by atoms with Crippen LogP contribution in [0.2, 0.25) is 0 Å². The molecule has 3 aromatic rings. The van der Waals surface area contributed by atoms with Gasteiger partial charge in [-0.2, -0.15) is 10.2 Å². The number of carbonyl (C=O) groups is 1. The van der Waals surface area contributed by atoms with E-state index in [1.54, 1.807) is 28.6 Å². The molecule has 2 aliphatic carbocycles. The highest BCUT2D eigenvalue weighted by atomic mass is 16.5. The number of carbonyl (C=O) groups excluding carboxylic acids is 1. The highest BCUT2D eigenvalue weighted by molar-refractivity contribution is 5.98. The Bertz CT molecular complexity index is 1220. The average Bonchev–Trinajstić information content (AvgIpc) is 3.13. The van der Waals surface area contributed by atoms with Gasteiger partial charge in [-0.15, -0.1) is 0 Å². The summed E-state index contributed by atoms with van der Waals surface area (Å²) in [7, 11) is 3.43. The fraction of sp³-hybridized carbons (Fsp3) is 0.500. The molecule has 0 unspecified atom stereocenters. The zero-order valence-electron chi connectivity index (χ0n) is 18.6. The molecule has 8 nitrogen and oxygen atoms in total. The standard InChI is InChI=1S/C24H29N5O3/c1-28-24(32-2)19-12-7-16(13-21(19)26-28)23(31)25-17-8-10-18(11-9-17)29-22(30)14-15-5-3-4-6-20(15)27-29/h7,12-14,17-18H,3-6,8-11H2,1-2H3,(H,25,31). The van der Waals surface area contributed by atoms with E-state index in [-0.39, 0.29) is 23.6 Å². The molecule has 0 saturated heterocycles. The highest BCUT2D eigenvalue weighted by Crippen LogP contribution is 2.29. The number of amides is 1. The van der Waals surface area contributed by atoms with Crippen LogP contribution >= 0.6 is 0 Å². The number of aromatic nitrogens is 4. The molecule has 1 aromatic carbocycles. The van der Waals surface area contributed by atoms with Crippen molar-refractivity contribution in [1.82, 2.24) is 24.9 Å². The van der Waals surface area contributed by atoms with E-state index in [2.05, 4.69) is 10.4 Å². The largest absolute Gasteiger partial charge is 0.481 e. The van der Waals surface area contributed by atoms with Gasteiger partial charge >= 0.3 is 0 Å². The van der Waals surface area contributed by atoms with Gasteiger partial charge in [-0.25, -0.2) is 9.36 Å². The maximum atomic E-state index is 12.8. The van der Waals surface area contributed by atoms with Crippen LogP contribution in [0.15, 0.2) is 29.1 Å². The normalized spacial score (nSPS) is 20.7. The number of ether oxygens (including phenoxy) is 1. The van der Waals surface area contributed by atoms with Crippen molar-refractivity contribution in [2.45, 2.75) is 63.5 Å². The van der Waals surface area contributed by atoms with Crippen LogP contribution < -0.4 is 15.6 Å². The Morgan fingerprint density at radius 3 is 2.66 bits per heavy atom. The van der Waals surface area contributed by atoms with E-state index < -0.39 is 0 Å². The average molecular weight is 436 g/mol. The topological polar surface area (TPSA) is 91.0 Å². The molecule has 1 N–H and O–H groups in total. The zero-order valence-corrected chi connectivity index (χ0v) is 18.6. The summed E-state index contributed by atoms with van der Waals surface area (Å²) in [5.41, 5.74) is 3.55. The highest BCUT2D eigenvalue weighted by Gasteiger charge is 2.26. The molecule has 0 atom stereocenters. The molecule has 8 heteroatoms. The molecule has 0 spiro atoms. The second-order valence-corrected chi connectivity index (χ2v) is 8.95. The summed E-state index contributed by atoms with van der Waals surface area (Å²) >= 11 is 0. The Morgan fingerprint density at radius 2 is 1.88 bits per heavy atom. The fourth-order valence-corrected chi connectivity index (χ4v) is 5.13. The van der Waals surface area contributed by atoms with E-state index in [1.165, 1.54) is 0 Å². The number of hydrogen-bond acceptors (Lipinski definition) is 5. The van der Waals surface area contributed by atoms with Crippen LogP contribution in [-0.4, -0.2) is 38.6 Å². The third-order valence-corrected chi connectivity index (χ3v) is 6.85. The predicted octanol–water partition coefficient (Wildman–Crippen LogP) is 2.93. The Morgan fingerprint density at radius 1 is 1.09 bits per heavy atom. The van der Waals surface area contributed by atoms with Crippen molar-refractivity contribution in [2.24, 2.45) is 7.05 Å². The van der Waals surface area contributed by atoms with Crippen LogP contribution in [0.4, 0.5) is 0 Å². The Labute approximate surface area is 186 Å². The lowest BCUT2D eigenvalue weighted by atomic mass is 9.90.